The van der Waals surface area contributed by atoms with Crippen LogP contribution in [0.1, 0.15) is 17.2 Å². The molecular formula is C15H14Cl2FNO. The third kappa shape index (κ3) is 3.42. The molecule has 2 aromatic carbocycles. The number of halogens is 3. The molecule has 106 valence electrons. The number of rotatable bonds is 4. The maximum atomic E-state index is 14.1. The number of methoxy groups -OCH3 is 1. The van der Waals surface area contributed by atoms with E-state index in [2.05, 4.69) is 0 Å². The normalized spacial score (nSPS) is 12.2. The third-order valence-corrected chi connectivity index (χ3v) is 3.45. The van der Waals surface area contributed by atoms with Gasteiger partial charge in [0.1, 0.15) is 0 Å². The van der Waals surface area contributed by atoms with Crippen LogP contribution >= 0.6 is 23.2 Å². The van der Waals surface area contributed by atoms with Gasteiger partial charge >= 0.3 is 0 Å². The van der Waals surface area contributed by atoms with E-state index in [1.165, 1.54) is 7.11 Å². The zero-order valence-electron chi connectivity index (χ0n) is 10.9. The lowest BCUT2D eigenvalue weighted by Crippen LogP contribution is -2.14. The lowest BCUT2D eigenvalue weighted by Gasteiger charge is -2.14. The fraction of sp³-hybridized carbons (Fsp3) is 0.200. The summed E-state index contributed by atoms with van der Waals surface area (Å²) in [5, 5.41) is 1.02. The number of benzene rings is 2. The SMILES string of the molecule is COc1cccc(CC(N)c2cc(Cl)cc(Cl)c2)c1F. The molecule has 0 saturated heterocycles. The monoisotopic (exact) mass is 313 g/mol. The molecule has 0 fully saturated rings. The Balaban J connectivity index is 2.25. The standard InChI is InChI=1S/C15H14Cl2FNO/c1-20-14-4-2-3-9(15(14)18)7-13(19)10-5-11(16)8-12(17)6-10/h2-6,8,13H,7,19H2,1H3. The van der Waals surface area contributed by atoms with E-state index in [4.69, 9.17) is 33.7 Å². The van der Waals surface area contributed by atoms with E-state index in [1.807, 2.05) is 0 Å². The van der Waals surface area contributed by atoms with Crippen LogP contribution in [0, 0.1) is 5.82 Å². The van der Waals surface area contributed by atoms with E-state index in [0.717, 1.165) is 5.56 Å². The minimum atomic E-state index is -0.396. The Morgan fingerprint density at radius 2 is 1.85 bits per heavy atom. The first-order valence-electron chi connectivity index (χ1n) is 6.04. The van der Waals surface area contributed by atoms with Crippen molar-refractivity contribution in [3.05, 3.63) is 63.4 Å². The number of hydrogen-bond acceptors (Lipinski definition) is 2. The molecule has 0 amide bonds. The predicted molar refractivity (Wildman–Crippen MR) is 80.0 cm³/mol. The summed E-state index contributed by atoms with van der Waals surface area (Å²) in [6, 6.07) is 9.69. The van der Waals surface area contributed by atoms with Gasteiger partial charge in [0, 0.05) is 16.1 Å². The van der Waals surface area contributed by atoms with E-state index in [9.17, 15) is 4.39 Å². The summed E-state index contributed by atoms with van der Waals surface area (Å²) in [5.74, 6) is -0.183. The van der Waals surface area contributed by atoms with Gasteiger partial charge in [0.2, 0.25) is 0 Å². The first-order chi connectivity index (χ1) is 9.51. The van der Waals surface area contributed by atoms with Crippen molar-refractivity contribution < 1.29 is 9.13 Å². The molecule has 2 rings (SSSR count). The fourth-order valence-corrected chi connectivity index (χ4v) is 2.56. The van der Waals surface area contributed by atoms with Crippen molar-refractivity contribution in [1.82, 2.24) is 0 Å². The summed E-state index contributed by atoms with van der Waals surface area (Å²) in [7, 11) is 1.43. The highest BCUT2D eigenvalue weighted by molar-refractivity contribution is 6.34. The Morgan fingerprint density at radius 3 is 2.45 bits per heavy atom. The molecule has 0 bridgehead atoms. The van der Waals surface area contributed by atoms with E-state index in [0.29, 0.717) is 22.0 Å². The molecule has 0 saturated carbocycles. The van der Waals surface area contributed by atoms with E-state index >= 15 is 0 Å². The molecule has 1 atom stereocenters. The smallest absolute Gasteiger partial charge is 0.168 e. The van der Waals surface area contributed by atoms with Crippen molar-refractivity contribution in [2.24, 2.45) is 5.73 Å². The second-order valence-corrected chi connectivity index (χ2v) is 5.32. The van der Waals surface area contributed by atoms with Crippen LogP contribution in [0.15, 0.2) is 36.4 Å². The van der Waals surface area contributed by atoms with Crippen LogP contribution in [0.5, 0.6) is 5.75 Å². The van der Waals surface area contributed by atoms with Crippen LogP contribution in [0.3, 0.4) is 0 Å². The number of nitrogens with two attached hydrogens (primary N) is 1. The molecule has 5 heteroatoms. The lowest BCUT2D eigenvalue weighted by atomic mass is 9.99. The van der Waals surface area contributed by atoms with E-state index in [1.54, 1.807) is 36.4 Å². The predicted octanol–water partition coefficient (Wildman–Crippen LogP) is 4.38. The molecule has 0 radical (unpaired) electrons. The zero-order chi connectivity index (χ0) is 14.7. The van der Waals surface area contributed by atoms with Crippen LogP contribution in [-0.4, -0.2) is 7.11 Å². The van der Waals surface area contributed by atoms with Crippen molar-refractivity contribution in [2.75, 3.05) is 7.11 Å². The van der Waals surface area contributed by atoms with Crippen molar-refractivity contribution in [3.8, 4) is 5.75 Å². The van der Waals surface area contributed by atoms with Gasteiger partial charge in [-0.25, -0.2) is 4.39 Å². The summed E-state index contributed by atoms with van der Waals surface area (Å²) < 4.78 is 19.0. The summed E-state index contributed by atoms with van der Waals surface area (Å²) in [6.45, 7) is 0. The number of hydrogen-bond donors (Lipinski definition) is 1. The summed E-state index contributed by atoms with van der Waals surface area (Å²) >= 11 is 11.9. The topological polar surface area (TPSA) is 35.2 Å². The highest BCUT2D eigenvalue weighted by atomic mass is 35.5. The Bertz CT molecular complexity index is 599. The van der Waals surface area contributed by atoms with Gasteiger partial charge in [-0.2, -0.15) is 0 Å². The van der Waals surface area contributed by atoms with Crippen molar-refractivity contribution in [1.29, 1.82) is 0 Å². The molecule has 1 unspecified atom stereocenters. The minimum Gasteiger partial charge on any atom is -0.494 e. The fourth-order valence-electron chi connectivity index (χ4n) is 2.02. The lowest BCUT2D eigenvalue weighted by molar-refractivity contribution is 0.383. The molecule has 0 aromatic heterocycles. The molecule has 0 aliphatic carbocycles. The summed E-state index contributed by atoms with van der Waals surface area (Å²) in [4.78, 5) is 0. The zero-order valence-corrected chi connectivity index (χ0v) is 12.4. The van der Waals surface area contributed by atoms with Crippen molar-refractivity contribution in [2.45, 2.75) is 12.5 Å². The van der Waals surface area contributed by atoms with Gasteiger partial charge in [0.25, 0.3) is 0 Å². The molecule has 2 nitrogen and oxygen atoms in total. The third-order valence-electron chi connectivity index (χ3n) is 3.02. The van der Waals surface area contributed by atoms with Gasteiger partial charge in [0.05, 0.1) is 7.11 Å². The summed E-state index contributed by atoms with van der Waals surface area (Å²) in [6.07, 6.45) is 0.333. The molecule has 2 aromatic rings. The molecule has 2 N–H and O–H groups in total. The molecule has 0 aliphatic rings. The van der Waals surface area contributed by atoms with Gasteiger partial charge in [-0.05, 0) is 41.8 Å². The molecule has 20 heavy (non-hydrogen) atoms. The number of ether oxygens (including phenoxy) is 1. The Hall–Kier alpha value is -1.29. The van der Waals surface area contributed by atoms with Gasteiger partial charge in [-0.1, -0.05) is 35.3 Å². The first kappa shape index (κ1) is 15.1. The van der Waals surface area contributed by atoms with Crippen LogP contribution in [0.2, 0.25) is 10.0 Å². The second-order valence-electron chi connectivity index (χ2n) is 4.45. The maximum absolute atomic E-state index is 14.1. The van der Waals surface area contributed by atoms with Crippen molar-refractivity contribution in [3.63, 3.8) is 0 Å². The molecule has 0 spiro atoms. The Morgan fingerprint density at radius 1 is 1.20 bits per heavy atom. The first-order valence-corrected chi connectivity index (χ1v) is 6.80. The van der Waals surface area contributed by atoms with Gasteiger partial charge < -0.3 is 10.5 Å². The summed E-state index contributed by atoms with van der Waals surface area (Å²) in [5.41, 5.74) is 7.36. The molecule has 0 aliphatic heterocycles. The van der Waals surface area contributed by atoms with Gasteiger partial charge in [-0.15, -0.1) is 0 Å². The average Bonchev–Trinajstić information content (AvgIpc) is 2.40. The van der Waals surface area contributed by atoms with E-state index < -0.39 is 11.9 Å². The van der Waals surface area contributed by atoms with Crippen LogP contribution in [-0.2, 0) is 6.42 Å². The van der Waals surface area contributed by atoms with E-state index in [-0.39, 0.29) is 5.75 Å². The van der Waals surface area contributed by atoms with Crippen LogP contribution in [0.25, 0.3) is 0 Å². The quantitative estimate of drug-likeness (QED) is 0.909. The maximum Gasteiger partial charge on any atom is 0.168 e. The highest BCUT2D eigenvalue weighted by Gasteiger charge is 2.14. The minimum absolute atomic E-state index is 0.207. The van der Waals surface area contributed by atoms with Crippen LogP contribution in [0.4, 0.5) is 4.39 Å². The van der Waals surface area contributed by atoms with Crippen LogP contribution < -0.4 is 10.5 Å². The largest absolute Gasteiger partial charge is 0.494 e. The van der Waals surface area contributed by atoms with Crippen molar-refractivity contribution >= 4 is 23.2 Å². The molecule has 0 heterocycles. The van der Waals surface area contributed by atoms with Gasteiger partial charge in [0.15, 0.2) is 11.6 Å². The molecular weight excluding hydrogens is 300 g/mol. The Labute approximate surface area is 127 Å². The average molecular weight is 314 g/mol. The Kier molecular flexibility index (Phi) is 4.86. The highest BCUT2D eigenvalue weighted by Crippen LogP contribution is 2.27. The van der Waals surface area contributed by atoms with Gasteiger partial charge in [-0.3, -0.25) is 0 Å². The second kappa shape index (κ2) is 6.44.